The molecule has 2 rings (SSSR count). The number of nitrogens with one attached hydrogen (secondary N) is 1. The van der Waals surface area contributed by atoms with Gasteiger partial charge in [-0.25, -0.2) is 4.79 Å². The number of amides is 2. The van der Waals surface area contributed by atoms with E-state index in [0.717, 1.165) is 0 Å². The number of hydrogen-bond acceptors (Lipinski definition) is 4. The van der Waals surface area contributed by atoms with Crippen LogP contribution in [0.5, 0.6) is 5.75 Å². The van der Waals surface area contributed by atoms with Gasteiger partial charge >= 0.3 is 5.97 Å². The van der Waals surface area contributed by atoms with Gasteiger partial charge in [-0.05, 0) is 56.3 Å². The fourth-order valence-electron chi connectivity index (χ4n) is 1.93. The van der Waals surface area contributed by atoms with Gasteiger partial charge in [-0.15, -0.1) is 0 Å². The van der Waals surface area contributed by atoms with E-state index in [1.165, 1.54) is 56.3 Å². The summed E-state index contributed by atoms with van der Waals surface area (Å²) in [6.45, 7) is 2.81. The molecule has 2 N–H and O–H groups in total. The highest BCUT2D eigenvalue weighted by molar-refractivity contribution is 6.36. The first-order chi connectivity index (χ1) is 12.1. The zero-order chi connectivity index (χ0) is 19.5. The molecule has 136 valence electrons. The van der Waals surface area contributed by atoms with E-state index in [1.54, 1.807) is 0 Å². The van der Waals surface area contributed by atoms with Crippen LogP contribution in [0.2, 0.25) is 10.0 Å². The highest BCUT2D eigenvalue weighted by Crippen LogP contribution is 2.21. The summed E-state index contributed by atoms with van der Waals surface area (Å²) in [5, 5.41) is 11.7. The Balaban J connectivity index is 2.09. The Kier molecular flexibility index (Phi) is 5.90. The van der Waals surface area contributed by atoms with Gasteiger partial charge in [0.05, 0.1) is 10.6 Å². The van der Waals surface area contributed by atoms with Crippen LogP contribution in [-0.2, 0) is 4.79 Å². The van der Waals surface area contributed by atoms with Crippen molar-refractivity contribution < 1.29 is 24.2 Å². The molecule has 0 aliphatic rings. The molecule has 0 atom stereocenters. The standard InChI is InChI=1S/C18H15Cl2NO5/c1-18(2,17(24)25)26-12-6-3-10(4-7-12)15(22)21-16(23)13-9-11(19)5-8-14(13)20/h3-9H,1-2H3,(H,24,25)(H,21,22,23). The largest absolute Gasteiger partial charge is 0.478 e. The normalized spacial score (nSPS) is 10.9. The molecule has 26 heavy (non-hydrogen) atoms. The molecule has 0 aliphatic carbocycles. The summed E-state index contributed by atoms with van der Waals surface area (Å²) in [4.78, 5) is 35.4. The van der Waals surface area contributed by atoms with E-state index in [2.05, 4.69) is 5.32 Å². The third kappa shape index (κ3) is 4.74. The first-order valence-corrected chi connectivity index (χ1v) is 8.19. The Morgan fingerprint density at radius 2 is 1.62 bits per heavy atom. The van der Waals surface area contributed by atoms with Crippen LogP contribution in [-0.4, -0.2) is 28.5 Å². The molecule has 2 aromatic rings. The number of halogens is 2. The summed E-state index contributed by atoms with van der Waals surface area (Å²) >= 11 is 11.8. The second kappa shape index (κ2) is 7.76. The van der Waals surface area contributed by atoms with Crippen molar-refractivity contribution in [1.29, 1.82) is 0 Å². The number of ether oxygens (including phenoxy) is 1. The maximum Gasteiger partial charge on any atom is 0.347 e. The quantitative estimate of drug-likeness (QED) is 0.750. The number of aliphatic carboxylic acids is 1. The molecular formula is C18H15Cl2NO5. The van der Waals surface area contributed by atoms with Crippen LogP contribution in [0, 0.1) is 0 Å². The average Bonchev–Trinajstić information content (AvgIpc) is 2.57. The van der Waals surface area contributed by atoms with E-state index in [1.807, 2.05) is 0 Å². The topological polar surface area (TPSA) is 92.7 Å². The van der Waals surface area contributed by atoms with E-state index in [0.29, 0.717) is 5.02 Å². The molecule has 0 radical (unpaired) electrons. The van der Waals surface area contributed by atoms with Crippen molar-refractivity contribution in [2.75, 3.05) is 0 Å². The monoisotopic (exact) mass is 395 g/mol. The number of benzene rings is 2. The molecule has 0 saturated carbocycles. The Hall–Kier alpha value is -2.57. The van der Waals surface area contributed by atoms with Crippen molar-refractivity contribution in [2.24, 2.45) is 0 Å². The van der Waals surface area contributed by atoms with Gasteiger partial charge in [-0.3, -0.25) is 14.9 Å². The Labute approximate surface area is 159 Å². The number of carboxylic acids is 1. The third-order valence-corrected chi connectivity index (χ3v) is 3.97. The predicted octanol–water partition coefficient (Wildman–Crippen LogP) is 3.81. The smallest absolute Gasteiger partial charge is 0.347 e. The molecule has 0 bridgehead atoms. The lowest BCUT2D eigenvalue weighted by Gasteiger charge is -2.21. The van der Waals surface area contributed by atoms with Crippen LogP contribution in [0.3, 0.4) is 0 Å². The lowest BCUT2D eigenvalue weighted by atomic mass is 10.1. The number of hydrogen-bond donors (Lipinski definition) is 2. The van der Waals surface area contributed by atoms with Gasteiger partial charge in [-0.1, -0.05) is 23.2 Å². The molecule has 6 nitrogen and oxygen atoms in total. The van der Waals surface area contributed by atoms with Crippen molar-refractivity contribution in [1.82, 2.24) is 5.32 Å². The van der Waals surface area contributed by atoms with Gasteiger partial charge < -0.3 is 9.84 Å². The lowest BCUT2D eigenvalue weighted by molar-refractivity contribution is -0.152. The number of imide groups is 1. The minimum atomic E-state index is -1.41. The van der Waals surface area contributed by atoms with E-state index in [4.69, 9.17) is 33.0 Å². The van der Waals surface area contributed by atoms with Crippen LogP contribution in [0.4, 0.5) is 0 Å². The summed E-state index contributed by atoms with van der Waals surface area (Å²) in [7, 11) is 0. The molecule has 0 aromatic heterocycles. The van der Waals surface area contributed by atoms with E-state index >= 15 is 0 Å². The zero-order valence-corrected chi connectivity index (χ0v) is 15.4. The lowest BCUT2D eigenvalue weighted by Crippen LogP contribution is -2.37. The van der Waals surface area contributed by atoms with Gasteiger partial charge in [0.25, 0.3) is 11.8 Å². The highest BCUT2D eigenvalue weighted by Gasteiger charge is 2.29. The number of rotatable bonds is 5. The third-order valence-electron chi connectivity index (χ3n) is 3.40. The molecule has 0 heterocycles. The molecule has 0 aliphatic heterocycles. The van der Waals surface area contributed by atoms with Crippen LogP contribution >= 0.6 is 23.2 Å². The van der Waals surface area contributed by atoms with Gasteiger partial charge in [0.1, 0.15) is 5.75 Å². The number of carbonyl (C=O) groups is 3. The Morgan fingerprint density at radius 3 is 2.19 bits per heavy atom. The molecule has 2 aromatic carbocycles. The van der Waals surface area contributed by atoms with Crippen molar-refractivity contribution in [3.05, 3.63) is 63.6 Å². The van der Waals surface area contributed by atoms with Gasteiger partial charge in [0.2, 0.25) is 0 Å². The maximum absolute atomic E-state index is 12.2. The summed E-state index contributed by atoms with van der Waals surface area (Å²) in [6, 6.07) is 10.1. The fraction of sp³-hybridized carbons (Fsp3) is 0.167. The zero-order valence-electron chi connectivity index (χ0n) is 13.9. The first-order valence-electron chi connectivity index (χ1n) is 7.43. The van der Waals surface area contributed by atoms with Gasteiger partial charge in [-0.2, -0.15) is 0 Å². The molecule has 2 amide bonds. The van der Waals surface area contributed by atoms with Crippen molar-refractivity contribution in [3.8, 4) is 5.75 Å². The van der Waals surface area contributed by atoms with Crippen LogP contribution in [0.15, 0.2) is 42.5 Å². The molecule has 8 heteroatoms. The molecule has 0 spiro atoms. The summed E-state index contributed by atoms with van der Waals surface area (Å²) < 4.78 is 5.35. The summed E-state index contributed by atoms with van der Waals surface area (Å²) in [5.41, 5.74) is -1.14. The second-order valence-electron chi connectivity index (χ2n) is 5.85. The Bertz CT molecular complexity index is 862. The van der Waals surface area contributed by atoms with Crippen LogP contribution < -0.4 is 10.1 Å². The van der Waals surface area contributed by atoms with Crippen molar-refractivity contribution in [2.45, 2.75) is 19.4 Å². The SMILES string of the molecule is CC(C)(Oc1ccc(C(=O)NC(=O)c2cc(Cl)ccc2Cl)cc1)C(=O)O. The molecule has 0 fully saturated rings. The summed E-state index contributed by atoms with van der Waals surface area (Å²) in [6.07, 6.45) is 0. The van der Waals surface area contributed by atoms with E-state index in [9.17, 15) is 14.4 Å². The number of carbonyl (C=O) groups excluding carboxylic acids is 2. The second-order valence-corrected chi connectivity index (χ2v) is 6.69. The fourth-order valence-corrected chi connectivity index (χ4v) is 2.30. The Morgan fingerprint density at radius 1 is 1.00 bits per heavy atom. The average molecular weight is 396 g/mol. The molecular weight excluding hydrogens is 381 g/mol. The van der Waals surface area contributed by atoms with Crippen molar-refractivity contribution >= 4 is 41.0 Å². The van der Waals surface area contributed by atoms with Crippen LogP contribution in [0.25, 0.3) is 0 Å². The maximum atomic E-state index is 12.2. The van der Waals surface area contributed by atoms with Crippen LogP contribution in [0.1, 0.15) is 34.6 Å². The minimum Gasteiger partial charge on any atom is -0.478 e. The first kappa shape index (κ1) is 19.8. The number of carboxylic acid groups (broad SMARTS) is 1. The molecule has 0 saturated heterocycles. The minimum absolute atomic E-state index is 0.0793. The molecule has 0 unspecified atom stereocenters. The van der Waals surface area contributed by atoms with Crippen molar-refractivity contribution in [3.63, 3.8) is 0 Å². The summed E-state index contributed by atoms with van der Waals surface area (Å²) in [5.74, 6) is -2.17. The van der Waals surface area contributed by atoms with Gasteiger partial charge in [0.15, 0.2) is 5.60 Å². The highest BCUT2D eigenvalue weighted by atomic mass is 35.5. The van der Waals surface area contributed by atoms with E-state index < -0.39 is 23.4 Å². The van der Waals surface area contributed by atoms with E-state index in [-0.39, 0.29) is 21.9 Å². The van der Waals surface area contributed by atoms with Gasteiger partial charge in [0, 0.05) is 10.6 Å². The predicted molar refractivity (Wildman–Crippen MR) is 97.0 cm³/mol.